The zero-order chi connectivity index (χ0) is 36.1. The number of piperidine rings is 1. The Kier molecular flexibility index (Phi) is 19.1. The number of carbonyl (C=O) groups is 1. The summed E-state index contributed by atoms with van der Waals surface area (Å²) < 4.78 is 0. The number of nitrogens with zero attached hydrogens (tertiary/aromatic N) is 2. The molecule has 3 aromatic carbocycles. The van der Waals surface area contributed by atoms with E-state index in [1.807, 2.05) is 6.08 Å². The first-order valence-electron chi connectivity index (χ1n) is 19.5. The number of hydrogen-bond acceptors (Lipinski definition) is 4. The zero-order valence-corrected chi connectivity index (χ0v) is 32.1. The SMILES string of the molecule is C=CCCCc1ccccc1C(CC=C)N1CCC(CC(=O)CN(CCNCC)C(c2ccc(C)cc2)c2ccc(CC)cc2)CC1.CCC. The van der Waals surface area contributed by atoms with Gasteiger partial charge in [-0.3, -0.25) is 14.6 Å². The molecule has 4 nitrogen and oxygen atoms in total. The lowest BCUT2D eigenvalue weighted by Gasteiger charge is -2.38. The van der Waals surface area contributed by atoms with Gasteiger partial charge >= 0.3 is 0 Å². The van der Waals surface area contributed by atoms with Crippen LogP contribution in [0.1, 0.15) is 118 Å². The molecule has 0 bridgehead atoms. The molecular formula is C46H67N3O. The highest BCUT2D eigenvalue weighted by molar-refractivity contribution is 5.80. The van der Waals surface area contributed by atoms with E-state index in [1.54, 1.807) is 0 Å². The van der Waals surface area contributed by atoms with E-state index < -0.39 is 0 Å². The minimum Gasteiger partial charge on any atom is -0.316 e. The van der Waals surface area contributed by atoms with Crippen molar-refractivity contribution in [3.05, 3.63) is 131 Å². The first-order chi connectivity index (χ1) is 24.4. The van der Waals surface area contributed by atoms with Crippen molar-refractivity contribution in [2.24, 2.45) is 5.92 Å². The van der Waals surface area contributed by atoms with Crippen LogP contribution in [0.15, 0.2) is 98.1 Å². The van der Waals surface area contributed by atoms with Gasteiger partial charge in [-0.25, -0.2) is 0 Å². The normalized spacial score (nSPS) is 14.8. The second-order valence-electron chi connectivity index (χ2n) is 14.1. The molecule has 272 valence electrons. The highest BCUT2D eigenvalue weighted by Gasteiger charge is 2.29. The molecule has 4 rings (SSSR count). The van der Waals surface area contributed by atoms with Gasteiger partial charge < -0.3 is 5.32 Å². The third-order valence-electron chi connectivity index (χ3n) is 9.93. The number of Topliss-reactive ketones (excluding diaryl/α,β-unsaturated/α-hetero) is 1. The standard InChI is InChI=1S/C43H59N3O.C3H8/c1-6-10-11-15-37-16-12-13-17-41(37)42(14-7-2)45-29-26-36(27-30-45)32-40(47)33-46(31-28-44-9-4)43(38-22-18-34(5)19-23-38)39-24-20-35(8-3)21-25-39;1-3-2/h6-7,12-13,16-25,36,42-44H,1-2,8-11,14-15,26-33H2,3-5H3;3H2,1-2H3. The molecule has 1 aliphatic rings. The van der Waals surface area contributed by atoms with Crippen LogP contribution in [0.3, 0.4) is 0 Å². The van der Waals surface area contributed by atoms with Crippen molar-refractivity contribution in [1.82, 2.24) is 15.1 Å². The van der Waals surface area contributed by atoms with Crippen molar-refractivity contribution in [3.8, 4) is 0 Å². The second-order valence-corrected chi connectivity index (χ2v) is 14.1. The maximum atomic E-state index is 13.9. The molecule has 2 unspecified atom stereocenters. The Bertz CT molecular complexity index is 1390. The third-order valence-corrected chi connectivity index (χ3v) is 9.93. The number of unbranched alkanes of at least 4 members (excludes halogenated alkanes) is 1. The number of ketones is 1. The van der Waals surface area contributed by atoms with E-state index in [-0.39, 0.29) is 6.04 Å². The minimum absolute atomic E-state index is 0.0390. The van der Waals surface area contributed by atoms with Crippen molar-refractivity contribution < 1.29 is 4.79 Å². The largest absolute Gasteiger partial charge is 0.316 e. The lowest BCUT2D eigenvalue weighted by Crippen LogP contribution is -2.41. The molecule has 0 saturated carbocycles. The molecule has 4 heteroatoms. The summed E-state index contributed by atoms with van der Waals surface area (Å²) in [7, 11) is 0. The summed E-state index contributed by atoms with van der Waals surface area (Å²) in [5.74, 6) is 0.792. The molecule has 50 heavy (non-hydrogen) atoms. The summed E-state index contributed by atoms with van der Waals surface area (Å²) in [6, 6.07) is 27.2. The smallest absolute Gasteiger partial charge is 0.147 e. The molecular weight excluding hydrogens is 611 g/mol. The van der Waals surface area contributed by atoms with Crippen LogP contribution < -0.4 is 5.32 Å². The lowest BCUT2D eigenvalue weighted by atomic mass is 9.87. The zero-order valence-electron chi connectivity index (χ0n) is 32.1. The van der Waals surface area contributed by atoms with Crippen LogP contribution in [0.5, 0.6) is 0 Å². The Morgan fingerprint density at radius 3 is 2.16 bits per heavy atom. The molecule has 1 saturated heterocycles. The van der Waals surface area contributed by atoms with Crippen LogP contribution >= 0.6 is 0 Å². The average molecular weight is 678 g/mol. The van der Waals surface area contributed by atoms with Gasteiger partial charge in [0.25, 0.3) is 0 Å². The second kappa shape index (κ2) is 23.2. The van der Waals surface area contributed by atoms with Crippen LogP contribution in [0, 0.1) is 12.8 Å². The van der Waals surface area contributed by atoms with Gasteiger partial charge in [0.05, 0.1) is 12.6 Å². The highest BCUT2D eigenvalue weighted by Crippen LogP contribution is 2.34. The molecule has 0 amide bonds. The van der Waals surface area contributed by atoms with Crippen molar-refractivity contribution in [2.75, 3.05) is 39.3 Å². The van der Waals surface area contributed by atoms with Crippen molar-refractivity contribution in [1.29, 1.82) is 0 Å². The summed E-state index contributed by atoms with van der Waals surface area (Å²) in [6.07, 6.45) is 13.4. The Labute approximate surface area is 306 Å². The summed E-state index contributed by atoms with van der Waals surface area (Å²) >= 11 is 0. The van der Waals surface area contributed by atoms with Crippen LogP contribution in [0.4, 0.5) is 0 Å². The molecule has 1 aliphatic heterocycles. The first-order valence-corrected chi connectivity index (χ1v) is 19.5. The van der Waals surface area contributed by atoms with Crippen molar-refractivity contribution in [2.45, 2.75) is 104 Å². The molecule has 0 radical (unpaired) electrons. The highest BCUT2D eigenvalue weighted by atomic mass is 16.1. The number of rotatable bonds is 20. The number of aryl methyl sites for hydroxylation is 3. The van der Waals surface area contributed by atoms with Gasteiger partial charge in [0, 0.05) is 25.6 Å². The van der Waals surface area contributed by atoms with Crippen LogP contribution in [-0.2, 0) is 17.6 Å². The predicted octanol–water partition coefficient (Wildman–Crippen LogP) is 10.5. The van der Waals surface area contributed by atoms with E-state index >= 15 is 0 Å². The fourth-order valence-corrected chi connectivity index (χ4v) is 7.23. The molecule has 1 N–H and O–H groups in total. The number of likely N-dealkylation sites (N-methyl/N-ethyl adjacent to an activating group) is 1. The van der Waals surface area contributed by atoms with Gasteiger partial charge in [0.1, 0.15) is 5.78 Å². The van der Waals surface area contributed by atoms with Gasteiger partial charge in [-0.15, -0.1) is 13.2 Å². The van der Waals surface area contributed by atoms with Crippen LogP contribution in [-0.4, -0.2) is 54.9 Å². The topological polar surface area (TPSA) is 35.6 Å². The molecule has 2 atom stereocenters. The monoisotopic (exact) mass is 678 g/mol. The number of benzene rings is 3. The Morgan fingerprint density at radius 2 is 1.56 bits per heavy atom. The number of likely N-dealkylation sites (tertiary alicyclic amines) is 1. The van der Waals surface area contributed by atoms with Gasteiger partial charge in [-0.1, -0.05) is 125 Å². The Balaban J connectivity index is 0.00000217. The van der Waals surface area contributed by atoms with Gasteiger partial charge in [-0.05, 0) is 105 Å². The van der Waals surface area contributed by atoms with Crippen LogP contribution in [0.25, 0.3) is 0 Å². The summed E-state index contributed by atoms with van der Waals surface area (Å²) in [5, 5.41) is 3.51. The third kappa shape index (κ3) is 13.1. The number of carbonyl (C=O) groups excluding carboxylic acids is 1. The fourth-order valence-electron chi connectivity index (χ4n) is 7.23. The molecule has 1 heterocycles. The summed E-state index contributed by atoms with van der Waals surface area (Å²) in [6.45, 7) is 23.9. The summed E-state index contributed by atoms with van der Waals surface area (Å²) in [5.41, 5.74) is 7.98. The van der Waals surface area contributed by atoms with Crippen LogP contribution in [0.2, 0.25) is 0 Å². The van der Waals surface area contributed by atoms with E-state index in [4.69, 9.17) is 0 Å². The van der Waals surface area contributed by atoms with Gasteiger partial charge in [0.15, 0.2) is 0 Å². The lowest BCUT2D eigenvalue weighted by molar-refractivity contribution is -0.121. The minimum atomic E-state index is 0.0390. The van der Waals surface area contributed by atoms with E-state index in [1.165, 1.54) is 39.8 Å². The average Bonchev–Trinajstić information content (AvgIpc) is 3.13. The van der Waals surface area contributed by atoms with Crippen molar-refractivity contribution >= 4 is 5.78 Å². The summed E-state index contributed by atoms with van der Waals surface area (Å²) in [4.78, 5) is 18.9. The molecule has 1 fully saturated rings. The fraction of sp³-hybridized carbons (Fsp3) is 0.500. The number of nitrogens with one attached hydrogen (secondary N) is 1. The van der Waals surface area contributed by atoms with Crippen molar-refractivity contribution in [3.63, 3.8) is 0 Å². The van der Waals surface area contributed by atoms with E-state index in [9.17, 15) is 4.79 Å². The van der Waals surface area contributed by atoms with Gasteiger partial charge in [-0.2, -0.15) is 0 Å². The number of allylic oxidation sites excluding steroid dienone is 1. The maximum Gasteiger partial charge on any atom is 0.147 e. The van der Waals surface area contributed by atoms with Gasteiger partial charge in [0.2, 0.25) is 0 Å². The molecule has 3 aromatic rings. The molecule has 0 aromatic heterocycles. The van der Waals surface area contributed by atoms with E-state index in [0.717, 1.165) is 77.7 Å². The first kappa shape index (κ1) is 41.1. The molecule has 0 aliphatic carbocycles. The molecule has 0 spiro atoms. The van der Waals surface area contributed by atoms with E-state index in [2.05, 4.69) is 142 Å². The Morgan fingerprint density at radius 1 is 0.920 bits per heavy atom. The predicted molar refractivity (Wildman–Crippen MR) is 216 cm³/mol. The Hall–Kier alpha value is -3.31. The maximum absolute atomic E-state index is 13.9. The quantitative estimate of drug-likeness (QED) is 0.0954. The van der Waals surface area contributed by atoms with E-state index in [0.29, 0.717) is 30.7 Å². The number of hydrogen-bond donors (Lipinski definition) is 1.